The molecule has 0 fully saturated rings. The molecule has 0 amide bonds. The van der Waals surface area contributed by atoms with Crippen LogP contribution in [0.5, 0.6) is 0 Å². The Bertz CT molecular complexity index is 498. The van der Waals surface area contributed by atoms with Crippen molar-refractivity contribution in [2.45, 2.75) is 13.2 Å². The van der Waals surface area contributed by atoms with Gasteiger partial charge in [0.25, 0.3) is 0 Å². The highest BCUT2D eigenvalue weighted by Crippen LogP contribution is 2.45. The van der Waals surface area contributed by atoms with E-state index in [1.54, 1.807) is 6.20 Å². The van der Waals surface area contributed by atoms with Crippen LogP contribution in [0.3, 0.4) is 0 Å². The van der Waals surface area contributed by atoms with E-state index in [2.05, 4.69) is 4.98 Å². The molecule has 5 heteroatoms. The van der Waals surface area contributed by atoms with Gasteiger partial charge in [0.15, 0.2) is 0 Å². The zero-order valence-electron chi connectivity index (χ0n) is 10.7. The molecule has 0 aliphatic rings. The first-order chi connectivity index (χ1) is 9.16. The first kappa shape index (κ1) is 13.9. The Kier molecular flexibility index (Phi) is 4.86. The average Bonchev–Trinajstić information content (AvgIpc) is 2.46. The maximum absolute atomic E-state index is 12.1. The van der Waals surface area contributed by atoms with Crippen LogP contribution in [0, 0.1) is 0 Å². The lowest BCUT2D eigenvalue weighted by atomic mass is 10.2. The van der Waals surface area contributed by atoms with Gasteiger partial charge in [0, 0.05) is 12.9 Å². The minimum Gasteiger partial charge on any atom is -0.304 e. The van der Waals surface area contributed by atoms with Crippen LogP contribution in [-0.2, 0) is 26.8 Å². The van der Waals surface area contributed by atoms with E-state index in [9.17, 15) is 4.57 Å². The molecule has 4 nitrogen and oxygen atoms in total. The molecule has 1 aromatic carbocycles. The van der Waals surface area contributed by atoms with Crippen LogP contribution in [0.4, 0.5) is 0 Å². The second-order valence-corrected chi connectivity index (χ2v) is 6.18. The van der Waals surface area contributed by atoms with Crippen molar-refractivity contribution >= 4 is 7.60 Å². The van der Waals surface area contributed by atoms with Crippen molar-refractivity contribution in [3.05, 3.63) is 66.0 Å². The van der Waals surface area contributed by atoms with Gasteiger partial charge >= 0.3 is 7.60 Å². The smallest absolute Gasteiger partial charge is 0.304 e. The predicted molar refractivity (Wildman–Crippen MR) is 73.8 cm³/mol. The third kappa shape index (κ3) is 4.95. The number of hydrogen-bond donors (Lipinski definition) is 0. The van der Waals surface area contributed by atoms with Crippen molar-refractivity contribution in [3.8, 4) is 0 Å². The number of rotatable bonds is 6. The summed E-state index contributed by atoms with van der Waals surface area (Å²) in [6, 6.07) is 15.1. The first-order valence-corrected chi connectivity index (χ1v) is 7.95. The maximum atomic E-state index is 12.1. The summed E-state index contributed by atoms with van der Waals surface area (Å²) >= 11 is 0. The lowest BCUT2D eigenvalue weighted by Gasteiger charge is -2.14. The van der Waals surface area contributed by atoms with Gasteiger partial charge in [-0.15, -0.1) is 0 Å². The summed E-state index contributed by atoms with van der Waals surface area (Å²) in [6.45, 7) is 1.93. The minimum absolute atomic E-state index is 0.184. The van der Waals surface area contributed by atoms with Gasteiger partial charge in [-0.2, -0.15) is 0 Å². The Balaban J connectivity index is 1.84. The third-order valence-electron chi connectivity index (χ3n) is 2.48. The highest BCUT2D eigenvalue weighted by molar-refractivity contribution is 7.52. The molecule has 0 saturated heterocycles. The Hall–Kier alpha value is -1.48. The van der Waals surface area contributed by atoms with Gasteiger partial charge in [0.05, 0.1) is 18.9 Å². The van der Waals surface area contributed by atoms with E-state index in [0.29, 0.717) is 0 Å². The molecular weight excluding hydrogens is 261 g/mol. The van der Waals surface area contributed by atoms with E-state index in [4.69, 9.17) is 9.05 Å². The van der Waals surface area contributed by atoms with Crippen molar-refractivity contribution in [2.24, 2.45) is 0 Å². The first-order valence-electron chi connectivity index (χ1n) is 5.96. The van der Waals surface area contributed by atoms with E-state index >= 15 is 0 Å². The average molecular weight is 277 g/mol. The summed E-state index contributed by atoms with van der Waals surface area (Å²) in [6.07, 6.45) is 1.67. The fourth-order valence-corrected chi connectivity index (χ4v) is 2.30. The molecule has 0 saturated carbocycles. The van der Waals surface area contributed by atoms with E-state index in [1.165, 1.54) is 6.66 Å². The molecule has 1 aromatic heterocycles. The number of pyridine rings is 1. The van der Waals surface area contributed by atoms with Crippen molar-refractivity contribution in [3.63, 3.8) is 0 Å². The van der Waals surface area contributed by atoms with Crippen LogP contribution in [0.15, 0.2) is 54.7 Å². The van der Waals surface area contributed by atoms with E-state index in [1.807, 2.05) is 48.5 Å². The van der Waals surface area contributed by atoms with Crippen molar-refractivity contribution in [2.75, 3.05) is 6.66 Å². The molecule has 1 atom stereocenters. The SMILES string of the molecule is CP(=O)(OCc1ccccc1)OCc1ccccn1. The van der Waals surface area contributed by atoms with Crippen LogP contribution in [0.2, 0.25) is 0 Å². The molecule has 0 spiro atoms. The molecule has 2 rings (SSSR count). The van der Waals surface area contributed by atoms with Crippen molar-refractivity contribution in [1.82, 2.24) is 4.98 Å². The van der Waals surface area contributed by atoms with Crippen LogP contribution in [-0.4, -0.2) is 11.6 Å². The highest BCUT2D eigenvalue weighted by atomic mass is 31.2. The van der Waals surface area contributed by atoms with Gasteiger partial charge in [-0.1, -0.05) is 36.4 Å². The van der Waals surface area contributed by atoms with Crippen LogP contribution in [0.25, 0.3) is 0 Å². The van der Waals surface area contributed by atoms with E-state index in [0.717, 1.165) is 11.3 Å². The lowest BCUT2D eigenvalue weighted by Crippen LogP contribution is -1.97. The molecule has 0 aliphatic heterocycles. The summed E-state index contributed by atoms with van der Waals surface area (Å²) < 4.78 is 22.7. The second-order valence-electron chi connectivity index (χ2n) is 4.12. The number of hydrogen-bond acceptors (Lipinski definition) is 4. The second kappa shape index (κ2) is 6.62. The highest BCUT2D eigenvalue weighted by Gasteiger charge is 2.17. The molecule has 1 unspecified atom stereocenters. The molecule has 100 valence electrons. The topological polar surface area (TPSA) is 48.4 Å². The summed E-state index contributed by atoms with van der Waals surface area (Å²) in [5.41, 5.74) is 1.69. The lowest BCUT2D eigenvalue weighted by molar-refractivity contribution is 0.194. The van der Waals surface area contributed by atoms with Gasteiger partial charge in [-0.05, 0) is 17.7 Å². The standard InChI is InChI=1S/C14H16NO3P/c1-19(16,17-11-13-7-3-2-4-8-13)18-12-14-9-5-6-10-15-14/h2-10H,11-12H2,1H3. The fraction of sp³-hybridized carbons (Fsp3) is 0.214. The van der Waals surface area contributed by atoms with Gasteiger partial charge < -0.3 is 9.05 Å². The molecule has 2 aromatic rings. The number of benzene rings is 1. The monoisotopic (exact) mass is 277 g/mol. The summed E-state index contributed by atoms with van der Waals surface area (Å²) in [4.78, 5) is 4.10. The van der Waals surface area contributed by atoms with Gasteiger partial charge in [-0.25, -0.2) is 0 Å². The Morgan fingerprint density at radius 2 is 1.68 bits per heavy atom. The predicted octanol–water partition coefficient (Wildman–Crippen LogP) is 3.64. The van der Waals surface area contributed by atoms with Crippen LogP contribution < -0.4 is 0 Å². The molecule has 1 heterocycles. The summed E-state index contributed by atoms with van der Waals surface area (Å²) in [7, 11) is -3.06. The quantitative estimate of drug-likeness (QED) is 0.756. The van der Waals surface area contributed by atoms with E-state index < -0.39 is 7.60 Å². The third-order valence-corrected chi connectivity index (χ3v) is 3.68. The Labute approximate surface area is 112 Å². The largest absolute Gasteiger partial charge is 0.328 e. The number of aromatic nitrogens is 1. The summed E-state index contributed by atoms with van der Waals surface area (Å²) in [5, 5.41) is 0. The van der Waals surface area contributed by atoms with Crippen LogP contribution in [0.1, 0.15) is 11.3 Å². The Morgan fingerprint density at radius 3 is 2.37 bits per heavy atom. The van der Waals surface area contributed by atoms with E-state index in [-0.39, 0.29) is 13.2 Å². The van der Waals surface area contributed by atoms with Gasteiger partial charge in [0.2, 0.25) is 0 Å². The zero-order chi connectivity index (χ0) is 13.6. The molecule has 0 aliphatic carbocycles. The number of nitrogens with zero attached hydrogens (tertiary/aromatic N) is 1. The molecule has 19 heavy (non-hydrogen) atoms. The molecule has 0 bridgehead atoms. The summed E-state index contributed by atoms with van der Waals surface area (Å²) in [5.74, 6) is 0. The Morgan fingerprint density at radius 1 is 1.00 bits per heavy atom. The van der Waals surface area contributed by atoms with Crippen molar-refractivity contribution < 1.29 is 13.6 Å². The van der Waals surface area contributed by atoms with Crippen molar-refractivity contribution in [1.29, 1.82) is 0 Å². The maximum Gasteiger partial charge on any atom is 0.328 e. The van der Waals surface area contributed by atoms with Gasteiger partial charge in [-0.3, -0.25) is 9.55 Å². The molecular formula is C14H16NO3P. The fourth-order valence-electron chi connectivity index (χ4n) is 1.47. The normalized spacial score (nSPS) is 13.9. The molecule has 0 radical (unpaired) electrons. The zero-order valence-corrected chi connectivity index (χ0v) is 11.6. The minimum atomic E-state index is -3.06. The molecule has 0 N–H and O–H groups in total. The van der Waals surface area contributed by atoms with Gasteiger partial charge in [0.1, 0.15) is 0 Å². The van der Waals surface area contributed by atoms with Crippen LogP contribution >= 0.6 is 7.60 Å².